The fraction of sp³-hybridized carbons (Fsp3) is 0.522. The second-order valence-corrected chi connectivity index (χ2v) is 8.12. The number of anilines is 2. The zero-order valence-electron chi connectivity index (χ0n) is 18.4. The molecule has 0 unspecified atom stereocenters. The molecule has 1 aromatic heterocycles. The Kier molecular flexibility index (Phi) is 7.55. The molecule has 0 radical (unpaired) electrons. The smallest absolute Gasteiger partial charge is 0.330 e. The molecule has 0 bridgehead atoms. The Hall–Kier alpha value is -3.03. The van der Waals surface area contributed by atoms with E-state index in [-0.39, 0.29) is 29.9 Å². The van der Waals surface area contributed by atoms with E-state index in [0.29, 0.717) is 13.0 Å². The fourth-order valence-electron chi connectivity index (χ4n) is 3.96. The van der Waals surface area contributed by atoms with Crippen LogP contribution >= 0.6 is 0 Å². The molecule has 3 rings (SSSR count). The summed E-state index contributed by atoms with van der Waals surface area (Å²) < 4.78 is 7.35. The number of unbranched alkanes of at least 4 members (excludes halogenated alkanes) is 1. The van der Waals surface area contributed by atoms with Crippen molar-refractivity contribution in [3.8, 4) is 5.75 Å². The molecule has 1 saturated carbocycles. The quantitative estimate of drug-likeness (QED) is 0.638. The van der Waals surface area contributed by atoms with Crippen molar-refractivity contribution in [2.45, 2.75) is 70.9 Å². The molecule has 0 atom stereocenters. The third-order valence-electron chi connectivity index (χ3n) is 5.79. The van der Waals surface area contributed by atoms with Gasteiger partial charge in [0.2, 0.25) is 5.91 Å². The first-order valence-corrected chi connectivity index (χ1v) is 11.1. The first kappa shape index (κ1) is 22.7. The summed E-state index contributed by atoms with van der Waals surface area (Å²) in [6.07, 6.45) is 7.20. The van der Waals surface area contributed by atoms with E-state index in [9.17, 15) is 14.4 Å². The van der Waals surface area contributed by atoms with Crippen molar-refractivity contribution in [2.24, 2.45) is 0 Å². The van der Waals surface area contributed by atoms with E-state index >= 15 is 0 Å². The van der Waals surface area contributed by atoms with Gasteiger partial charge in [0.15, 0.2) is 5.69 Å². The van der Waals surface area contributed by atoms with Crippen LogP contribution in [0.3, 0.4) is 0 Å². The first-order valence-electron chi connectivity index (χ1n) is 11.1. The minimum Gasteiger partial charge on any atom is -0.490 e. The molecule has 3 N–H and O–H groups in total. The number of H-pyrrole nitrogens is 1. The lowest BCUT2D eigenvalue weighted by atomic mass is 10.1. The number of aromatic amines is 1. The van der Waals surface area contributed by atoms with Gasteiger partial charge < -0.3 is 15.4 Å². The minimum absolute atomic E-state index is 0.0130. The van der Waals surface area contributed by atoms with Gasteiger partial charge in [-0.2, -0.15) is 0 Å². The Morgan fingerprint density at radius 1 is 1.29 bits per heavy atom. The van der Waals surface area contributed by atoms with Crippen molar-refractivity contribution < 1.29 is 9.53 Å². The van der Waals surface area contributed by atoms with Crippen LogP contribution in [0.2, 0.25) is 0 Å². The van der Waals surface area contributed by atoms with E-state index in [4.69, 9.17) is 10.5 Å². The molecule has 31 heavy (non-hydrogen) atoms. The Morgan fingerprint density at radius 2 is 2.03 bits per heavy atom. The van der Waals surface area contributed by atoms with Gasteiger partial charge in [0.1, 0.15) is 11.6 Å². The maximum absolute atomic E-state index is 12.8. The summed E-state index contributed by atoms with van der Waals surface area (Å²) in [7, 11) is 1.51. The second-order valence-electron chi connectivity index (χ2n) is 8.12. The van der Waals surface area contributed by atoms with Gasteiger partial charge in [0.05, 0.1) is 6.10 Å². The van der Waals surface area contributed by atoms with Crippen LogP contribution in [0.5, 0.6) is 5.75 Å². The number of carbonyl (C=O) groups excluding carboxylic acids is 1. The minimum atomic E-state index is -0.655. The maximum atomic E-state index is 12.8. The molecular weight excluding hydrogens is 396 g/mol. The fourth-order valence-corrected chi connectivity index (χ4v) is 3.96. The van der Waals surface area contributed by atoms with Crippen molar-refractivity contribution in [1.29, 1.82) is 0 Å². The largest absolute Gasteiger partial charge is 0.490 e. The molecule has 1 heterocycles. The number of hydrogen-bond donors (Lipinski definition) is 2. The number of nitrogens with zero attached hydrogens (tertiary/aromatic N) is 2. The molecular formula is C23H32N4O4. The van der Waals surface area contributed by atoms with Gasteiger partial charge in [-0.1, -0.05) is 25.5 Å². The van der Waals surface area contributed by atoms with Gasteiger partial charge in [0, 0.05) is 20.0 Å². The van der Waals surface area contributed by atoms with Crippen LogP contribution in [0.25, 0.3) is 0 Å². The van der Waals surface area contributed by atoms with E-state index in [2.05, 4.69) is 4.98 Å². The molecule has 1 aliphatic carbocycles. The Bertz CT molecular complexity index is 1020. The van der Waals surface area contributed by atoms with Crippen LogP contribution in [-0.4, -0.2) is 28.6 Å². The summed E-state index contributed by atoms with van der Waals surface area (Å²) in [5, 5.41) is 0. The predicted molar refractivity (Wildman–Crippen MR) is 122 cm³/mol. The Morgan fingerprint density at radius 3 is 2.74 bits per heavy atom. The third-order valence-corrected chi connectivity index (χ3v) is 5.79. The van der Waals surface area contributed by atoms with Gasteiger partial charge in [-0.3, -0.25) is 19.1 Å². The average Bonchev–Trinajstić information content (AvgIpc) is 3.25. The summed E-state index contributed by atoms with van der Waals surface area (Å²) in [6.45, 7) is 2.39. The average molecular weight is 429 g/mol. The number of aromatic nitrogens is 2. The zero-order chi connectivity index (χ0) is 22.4. The standard InChI is InChI=1S/C23H32N4O4/c1-3-4-14-27-21(24)20(22(29)25-23(27)30)26(2)19(28)13-12-16-8-7-11-18(15-16)31-17-9-5-6-10-17/h7-8,11,15,17H,3-6,9-10,12-14,24H2,1-2H3,(H,25,29,30). The topological polar surface area (TPSA) is 110 Å². The van der Waals surface area contributed by atoms with Crippen molar-refractivity contribution in [2.75, 3.05) is 17.7 Å². The highest BCUT2D eigenvalue weighted by Gasteiger charge is 2.21. The normalized spacial score (nSPS) is 14.0. The van der Waals surface area contributed by atoms with Gasteiger partial charge in [-0.15, -0.1) is 0 Å². The summed E-state index contributed by atoms with van der Waals surface area (Å²) in [5.41, 5.74) is 5.90. The molecule has 2 aromatic rings. The van der Waals surface area contributed by atoms with Crippen LogP contribution in [0.15, 0.2) is 33.9 Å². The number of carbonyl (C=O) groups is 1. The van der Waals surface area contributed by atoms with Crippen LogP contribution in [0, 0.1) is 0 Å². The highest BCUT2D eigenvalue weighted by atomic mass is 16.5. The van der Waals surface area contributed by atoms with Gasteiger partial charge in [-0.05, 0) is 56.2 Å². The predicted octanol–water partition coefficient (Wildman–Crippen LogP) is 2.84. The molecule has 1 fully saturated rings. The number of aryl methyl sites for hydroxylation is 1. The molecule has 168 valence electrons. The number of amides is 1. The van der Waals surface area contributed by atoms with Gasteiger partial charge in [-0.25, -0.2) is 4.79 Å². The summed E-state index contributed by atoms with van der Waals surface area (Å²) in [5.74, 6) is 0.596. The van der Waals surface area contributed by atoms with E-state index in [1.165, 1.54) is 29.4 Å². The Balaban J connectivity index is 1.68. The van der Waals surface area contributed by atoms with Crippen LogP contribution in [-0.2, 0) is 17.8 Å². The van der Waals surface area contributed by atoms with Crippen molar-refractivity contribution in [3.63, 3.8) is 0 Å². The third kappa shape index (κ3) is 5.57. The SMILES string of the molecule is CCCCn1c(N)c(N(C)C(=O)CCc2cccc(OC3CCCC3)c2)c(=O)[nH]c1=O. The highest BCUT2D eigenvalue weighted by Crippen LogP contribution is 2.25. The number of nitrogens with one attached hydrogen (secondary N) is 1. The molecule has 8 nitrogen and oxygen atoms in total. The van der Waals surface area contributed by atoms with Crippen molar-refractivity contribution in [1.82, 2.24) is 9.55 Å². The second kappa shape index (κ2) is 10.3. The first-order chi connectivity index (χ1) is 14.9. The molecule has 1 aliphatic rings. The van der Waals surface area contributed by atoms with Gasteiger partial charge >= 0.3 is 5.69 Å². The van der Waals surface area contributed by atoms with E-state index < -0.39 is 11.2 Å². The van der Waals surface area contributed by atoms with E-state index in [1.807, 2.05) is 31.2 Å². The van der Waals surface area contributed by atoms with Crippen LogP contribution < -0.4 is 26.6 Å². The number of rotatable bonds is 9. The lowest BCUT2D eigenvalue weighted by Gasteiger charge is -2.20. The molecule has 0 spiro atoms. The highest BCUT2D eigenvalue weighted by molar-refractivity contribution is 5.95. The zero-order valence-corrected chi connectivity index (χ0v) is 18.4. The number of nitrogens with two attached hydrogens (primary N) is 1. The lowest BCUT2D eigenvalue weighted by Crippen LogP contribution is -2.39. The molecule has 1 amide bonds. The Labute approximate surface area is 182 Å². The van der Waals surface area contributed by atoms with Crippen molar-refractivity contribution in [3.05, 3.63) is 50.7 Å². The number of ether oxygens (including phenoxy) is 1. The van der Waals surface area contributed by atoms with Crippen LogP contribution in [0.1, 0.15) is 57.4 Å². The molecule has 8 heteroatoms. The number of benzene rings is 1. The number of hydrogen-bond acceptors (Lipinski definition) is 5. The molecule has 0 saturated heterocycles. The summed E-state index contributed by atoms with van der Waals surface area (Å²) in [4.78, 5) is 40.8. The summed E-state index contributed by atoms with van der Waals surface area (Å²) >= 11 is 0. The molecule has 1 aromatic carbocycles. The van der Waals surface area contributed by atoms with E-state index in [1.54, 1.807) is 0 Å². The van der Waals surface area contributed by atoms with Crippen LogP contribution in [0.4, 0.5) is 11.5 Å². The maximum Gasteiger partial charge on any atom is 0.330 e. The molecule has 0 aliphatic heterocycles. The monoisotopic (exact) mass is 428 g/mol. The number of nitrogen functional groups attached to an aromatic ring is 1. The van der Waals surface area contributed by atoms with Gasteiger partial charge in [0.25, 0.3) is 5.56 Å². The summed E-state index contributed by atoms with van der Waals surface area (Å²) in [6, 6.07) is 7.80. The van der Waals surface area contributed by atoms with Crippen molar-refractivity contribution >= 4 is 17.4 Å². The van der Waals surface area contributed by atoms with E-state index in [0.717, 1.165) is 37.0 Å². The lowest BCUT2D eigenvalue weighted by molar-refractivity contribution is -0.118.